The molecule has 9 heteroatoms. The molecule has 1 N–H and O–H groups in total. The molecule has 2 amide bonds. The Kier molecular flexibility index (Phi) is 10.2. The van der Waals surface area contributed by atoms with E-state index in [2.05, 4.69) is 21.2 Å². The fourth-order valence-electron chi connectivity index (χ4n) is 4.61. The van der Waals surface area contributed by atoms with Crippen LogP contribution in [0.2, 0.25) is 0 Å². The van der Waals surface area contributed by atoms with Gasteiger partial charge in [-0.25, -0.2) is 8.42 Å². The number of nitrogens with zero attached hydrogens (tertiary/aromatic N) is 2. The van der Waals surface area contributed by atoms with Gasteiger partial charge in [-0.05, 0) is 55.3 Å². The lowest BCUT2D eigenvalue weighted by atomic mass is 10.0. The van der Waals surface area contributed by atoms with E-state index in [1.807, 2.05) is 68.4 Å². The molecule has 4 aromatic rings. The summed E-state index contributed by atoms with van der Waals surface area (Å²) in [6, 6.07) is 29.6. The maximum absolute atomic E-state index is 14.3. The molecular formula is C33H34BrN3O4S. The van der Waals surface area contributed by atoms with Gasteiger partial charge in [-0.15, -0.1) is 0 Å². The van der Waals surface area contributed by atoms with Gasteiger partial charge in [0.25, 0.3) is 10.0 Å². The fraction of sp³-hybridized carbons (Fsp3) is 0.212. The third-order valence-corrected chi connectivity index (χ3v) is 9.26. The van der Waals surface area contributed by atoms with Gasteiger partial charge in [0.15, 0.2) is 0 Å². The van der Waals surface area contributed by atoms with Crippen LogP contribution in [0.1, 0.15) is 22.3 Å². The number of likely N-dealkylation sites (N-methyl/N-ethyl adjacent to an activating group) is 1. The van der Waals surface area contributed by atoms with Gasteiger partial charge in [-0.2, -0.15) is 0 Å². The van der Waals surface area contributed by atoms with Crippen molar-refractivity contribution in [3.05, 3.63) is 130 Å². The molecule has 0 saturated carbocycles. The third kappa shape index (κ3) is 7.66. The minimum absolute atomic E-state index is 0.0677. The Bertz CT molecular complexity index is 1630. The maximum Gasteiger partial charge on any atom is 0.264 e. The van der Waals surface area contributed by atoms with Gasteiger partial charge in [0.2, 0.25) is 11.8 Å². The van der Waals surface area contributed by atoms with Crippen LogP contribution in [0.5, 0.6) is 0 Å². The quantitative estimate of drug-likeness (QED) is 0.228. The van der Waals surface area contributed by atoms with Crippen LogP contribution < -0.4 is 9.62 Å². The Hall–Kier alpha value is -3.95. The molecule has 0 heterocycles. The average Bonchev–Trinajstić information content (AvgIpc) is 2.98. The Morgan fingerprint density at radius 2 is 1.43 bits per heavy atom. The van der Waals surface area contributed by atoms with Crippen LogP contribution in [0.4, 0.5) is 5.69 Å². The number of carbonyl (C=O) groups excluding carboxylic acids is 2. The van der Waals surface area contributed by atoms with Crippen molar-refractivity contribution in [1.82, 2.24) is 10.2 Å². The number of benzene rings is 4. The summed E-state index contributed by atoms with van der Waals surface area (Å²) in [5, 5.41) is 2.70. The minimum atomic E-state index is -4.14. The fourth-order valence-corrected chi connectivity index (χ4v) is 6.40. The molecule has 0 spiro atoms. The molecule has 0 bridgehead atoms. The summed E-state index contributed by atoms with van der Waals surface area (Å²) in [5.74, 6) is -0.842. The van der Waals surface area contributed by atoms with E-state index in [0.717, 1.165) is 26.6 Å². The third-order valence-electron chi connectivity index (χ3n) is 6.98. The number of carbonyl (C=O) groups is 2. The van der Waals surface area contributed by atoms with Crippen molar-refractivity contribution < 1.29 is 18.0 Å². The number of anilines is 1. The van der Waals surface area contributed by atoms with Crippen LogP contribution >= 0.6 is 15.9 Å². The van der Waals surface area contributed by atoms with Crippen LogP contribution in [0.3, 0.4) is 0 Å². The molecule has 42 heavy (non-hydrogen) atoms. The van der Waals surface area contributed by atoms with E-state index < -0.39 is 28.5 Å². The normalized spacial score (nSPS) is 11.9. The predicted molar refractivity (Wildman–Crippen MR) is 170 cm³/mol. The first-order valence-corrected chi connectivity index (χ1v) is 15.8. The molecule has 4 rings (SSSR count). The van der Waals surface area contributed by atoms with Crippen LogP contribution in [0.25, 0.3) is 0 Å². The van der Waals surface area contributed by atoms with E-state index in [9.17, 15) is 18.0 Å². The van der Waals surface area contributed by atoms with E-state index in [-0.39, 0.29) is 23.8 Å². The van der Waals surface area contributed by atoms with E-state index >= 15 is 0 Å². The molecule has 0 radical (unpaired) electrons. The number of rotatable bonds is 11. The van der Waals surface area contributed by atoms with Crippen molar-refractivity contribution >= 4 is 43.5 Å². The highest BCUT2D eigenvalue weighted by atomic mass is 79.9. The van der Waals surface area contributed by atoms with Gasteiger partial charge in [-0.1, -0.05) is 99.9 Å². The van der Waals surface area contributed by atoms with E-state index in [1.54, 1.807) is 36.4 Å². The summed E-state index contributed by atoms with van der Waals surface area (Å²) < 4.78 is 29.8. The summed E-state index contributed by atoms with van der Waals surface area (Å²) in [7, 11) is -2.61. The molecule has 0 unspecified atom stereocenters. The highest BCUT2D eigenvalue weighted by Gasteiger charge is 2.34. The van der Waals surface area contributed by atoms with Crippen LogP contribution in [0, 0.1) is 13.8 Å². The van der Waals surface area contributed by atoms with Gasteiger partial charge in [0.1, 0.15) is 12.6 Å². The largest absolute Gasteiger partial charge is 0.357 e. The standard InChI is InChI=1S/C33H34BrN3O4S/c1-24-12-16-27(17-13-24)22-36(31(33(39)35-3)20-26-8-5-4-6-9-26)32(38)23-37(29-11-7-10-28(34)21-29)42(40,41)30-18-14-25(2)15-19-30/h4-19,21,31H,20,22-23H2,1-3H3,(H,35,39)/t31-/m1/s1. The Morgan fingerprint density at radius 1 is 0.810 bits per heavy atom. The molecule has 0 aliphatic heterocycles. The van der Waals surface area contributed by atoms with Crippen molar-refractivity contribution in [2.75, 3.05) is 17.9 Å². The predicted octanol–water partition coefficient (Wildman–Crippen LogP) is 5.65. The number of hydrogen-bond donors (Lipinski definition) is 1. The van der Waals surface area contributed by atoms with Crippen molar-refractivity contribution in [2.24, 2.45) is 0 Å². The zero-order chi connectivity index (χ0) is 30.3. The first-order chi connectivity index (χ1) is 20.1. The van der Waals surface area contributed by atoms with Crippen molar-refractivity contribution in [3.63, 3.8) is 0 Å². The highest BCUT2D eigenvalue weighted by molar-refractivity contribution is 9.10. The Balaban J connectivity index is 1.78. The van der Waals surface area contributed by atoms with Crippen LogP contribution in [-0.2, 0) is 32.6 Å². The topological polar surface area (TPSA) is 86.8 Å². The van der Waals surface area contributed by atoms with E-state index in [4.69, 9.17) is 0 Å². The number of aryl methyl sites for hydroxylation is 2. The summed E-state index contributed by atoms with van der Waals surface area (Å²) in [6.07, 6.45) is 0.264. The zero-order valence-corrected chi connectivity index (χ0v) is 26.2. The van der Waals surface area contributed by atoms with Crippen molar-refractivity contribution in [3.8, 4) is 0 Å². The molecular weight excluding hydrogens is 614 g/mol. The Morgan fingerprint density at radius 3 is 2.02 bits per heavy atom. The molecule has 1 atom stereocenters. The highest BCUT2D eigenvalue weighted by Crippen LogP contribution is 2.27. The Labute approximate surface area is 256 Å². The summed E-state index contributed by atoms with van der Waals surface area (Å²) >= 11 is 3.43. The lowest BCUT2D eigenvalue weighted by molar-refractivity contribution is -0.139. The molecule has 0 aliphatic rings. The summed E-state index contributed by atoms with van der Waals surface area (Å²) in [5.41, 5.74) is 4.01. The lowest BCUT2D eigenvalue weighted by Gasteiger charge is -2.33. The number of halogens is 1. The molecule has 4 aromatic carbocycles. The van der Waals surface area contributed by atoms with Crippen LogP contribution in [0.15, 0.2) is 112 Å². The van der Waals surface area contributed by atoms with Crippen LogP contribution in [-0.4, -0.2) is 44.8 Å². The van der Waals surface area contributed by atoms with E-state index in [1.165, 1.54) is 24.1 Å². The van der Waals surface area contributed by atoms with Gasteiger partial charge in [0, 0.05) is 24.5 Å². The minimum Gasteiger partial charge on any atom is -0.357 e. The number of hydrogen-bond acceptors (Lipinski definition) is 4. The van der Waals surface area contributed by atoms with Crippen molar-refractivity contribution in [1.29, 1.82) is 0 Å². The van der Waals surface area contributed by atoms with Crippen molar-refractivity contribution in [2.45, 2.75) is 37.8 Å². The maximum atomic E-state index is 14.3. The molecule has 0 saturated heterocycles. The van der Waals surface area contributed by atoms with Gasteiger partial charge in [0.05, 0.1) is 10.6 Å². The van der Waals surface area contributed by atoms with E-state index in [0.29, 0.717) is 10.2 Å². The molecule has 218 valence electrons. The zero-order valence-electron chi connectivity index (χ0n) is 23.8. The van der Waals surface area contributed by atoms with Gasteiger partial charge >= 0.3 is 0 Å². The second-order valence-electron chi connectivity index (χ2n) is 10.1. The smallest absolute Gasteiger partial charge is 0.264 e. The molecule has 0 aromatic heterocycles. The molecule has 0 aliphatic carbocycles. The molecule has 7 nitrogen and oxygen atoms in total. The second-order valence-corrected chi connectivity index (χ2v) is 12.9. The average molecular weight is 649 g/mol. The summed E-state index contributed by atoms with van der Waals surface area (Å²) in [6.45, 7) is 3.48. The molecule has 0 fully saturated rings. The number of sulfonamides is 1. The number of nitrogens with one attached hydrogen (secondary N) is 1. The van der Waals surface area contributed by atoms with Gasteiger partial charge < -0.3 is 10.2 Å². The first kappa shape index (κ1) is 31.0. The number of amides is 2. The lowest BCUT2D eigenvalue weighted by Crippen LogP contribution is -2.53. The SMILES string of the molecule is CNC(=O)[C@@H](Cc1ccccc1)N(Cc1ccc(C)cc1)C(=O)CN(c1cccc(Br)c1)S(=O)(=O)c1ccc(C)cc1. The summed E-state index contributed by atoms with van der Waals surface area (Å²) in [4.78, 5) is 29.2. The van der Waals surface area contributed by atoms with Gasteiger partial charge in [-0.3, -0.25) is 13.9 Å². The second kappa shape index (κ2) is 13.8. The first-order valence-electron chi connectivity index (χ1n) is 13.5. The monoisotopic (exact) mass is 647 g/mol.